The number of anilines is 1. The molecule has 0 atom stereocenters. The number of fused-ring (bicyclic) bond motifs is 1. The Balaban J connectivity index is 1.49. The minimum atomic E-state index is -0.397. The molecule has 0 saturated carbocycles. The van der Waals surface area contributed by atoms with Crippen LogP contribution in [0, 0.1) is 13.8 Å². The number of rotatable bonds is 6. The highest BCUT2D eigenvalue weighted by molar-refractivity contribution is 6.42. The monoisotopic (exact) mass is 538 g/mol. The van der Waals surface area contributed by atoms with Gasteiger partial charge >= 0.3 is 0 Å². The number of hydrogen-bond donors (Lipinski definition) is 1. The van der Waals surface area contributed by atoms with Gasteiger partial charge in [-0.05, 0) is 61.4 Å². The van der Waals surface area contributed by atoms with Crippen molar-refractivity contribution in [2.75, 3.05) is 19.0 Å². The van der Waals surface area contributed by atoms with E-state index in [1.54, 1.807) is 57.4 Å². The first-order valence-electron chi connectivity index (χ1n) is 9.97. The van der Waals surface area contributed by atoms with E-state index in [0.29, 0.717) is 49.3 Å². The zero-order valence-electron chi connectivity index (χ0n) is 18.2. The fourth-order valence-electron chi connectivity index (χ4n) is 3.26. The van der Waals surface area contributed by atoms with Crippen LogP contribution in [0.4, 0.5) is 5.69 Å². The number of ether oxygens (including phenoxy) is 2. The van der Waals surface area contributed by atoms with Crippen molar-refractivity contribution in [2.24, 2.45) is 0 Å². The molecule has 34 heavy (non-hydrogen) atoms. The molecule has 7 nitrogen and oxygen atoms in total. The zero-order chi connectivity index (χ0) is 24.6. The molecule has 11 heteroatoms. The standard InChI is InChI=1S/C23H18Cl4N4O3/c1-11-20(25)12(2)22(27)23(21(11)26)34-10-19(32)28-13-4-6-16-17(8-13)30-31(29-16)14-5-7-18(33-3)15(24)9-14/h4-9H,10H2,1-3H3,(H,28,32). The molecule has 3 aromatic carbocycles. The molecule has 0 unspecified atom stereocenters. The number of aromatic nitrogens is 3. The first kappa shape index (κ1) is 24.4. The highest BCUT2D eigenvalue weighted by Gasteiger charge is 2.19. The summed E-state index contributed by atoms with van der Waals surface area (Å²) in [5.74, 6) is 0.376. The van der Waals surface area contributed by atoms with E-state index < -0.39 is 5.91 Å². The molecule has 0 bridgehead atoms. The van der Waals surface area contributed by atoms with Gasteiger partial charge in [-0.25, -0.2) is 0 Å². The number of carbonyl (C=O) groups is 1. The van der Waals surface area contributed by atoms with E-state index in [0.717, 1.165) is 0 Å². The zero-order valence-corrected chi connectivity index (χ0v) is 21.3. The molecule has 4 rings (SSSR count). The normalized spacial score (nSPS) is 11.0. The van der Waals surface area contributed by atoms with Crippen LogP contribution >= 0.6 is 46.4 Å². The van der Waals surface area contributed by atoms with Crippen LogP contribution in [-0.4, -0.2) is 34.6 Å². The summed E-state index contributed by atoms with van der Waals surface area (Å²) in [6, 6.07) is 10.4. The molecule has 1 N–H and O–H groups in total. The van der Waals surface area contributed by atoms with Gasteiger partial charge in [0.1, 0.15) is 16.8 Å². The second-order valence-electron chi connectivity index (χ2n) is 7.37. The van der Waals surface area contributed by atoms with Gasteiger partial charge in [0.2, 0.25) is 0 Å². The first-order chi connectivity index (χ1) is 16.2. The lowest BCUT2D eigenvalue weighted by Crippen LogP contribution is -2.20. The van der Waals surface area contributed by atoms with Gasteiger partial charge < -0.3 is 14.8 Å². The summed E-state index contributed by atoms with van der Waals surface area (Å²) in [6.45, 7) is 3.21. The summed E-state index contributed by atoms with van der Waals surface area (Å²) in [6.07, 6.45) is 0. The first-order valence-corrected chi connectivity index (χ1v) is 11.5. The Bertz CT molecular complexity index is 1390. The number of nitrogens with one attached hydrogen (secondary N) is 1. The van der Waals surface area contributed by atoms with E-state index in [2.05, 4.69) is 15.5 Å². The van der Waals surface area contributed by atoms with Gasteiger partial charge in [-0.1, -0.05) is 46.4 Å². The van der Waals surface area contributed by atoms with Gasteiger partial charge in [0.25, 0.3) is 5.91 Å². The summed E-state index contributed by atoms with van der Waals surface area (Å²) in [4.78, 5) is 13.9. The molecule has 1 amide bonds. The van der Waals surface area contributed by atoms with E-state index in [1.165, 1.54) is 4.80 Å². The molecule has 0 aliphatic rings. The third kappa shape index (κ3) is 4.74. The van der Waals surface area contributed by atoms with Crippen molar-refractivity contribution in [2.45, 2.75) is 13.8 Å². The average Bonchev–Trinajstić information content (AvgIpc) is 3.25. The molecule has 4 aromatic rings. The maximum absolute atomic E-state index is 12.5. The second-order valence-corrected chi connectivity index (χ2v) is 8.91. The summed E-state index contributed by atoms with van der Waals surface area (Å²) in [5, 5.41) is 13.1. The van der Waals surface area contributed by atoms with Crippen molar-refractivity contribution in [3.8, 4) is 17.2 Å². The number of nitrogens with zero attached hydrogens (tertiary/aromatic N) is 3. The molecular formula is C23H18Cl4N4O3. The van der Waals surface area contributed by atoms with Crippen LogP contribution in [0.1, 0.15) is 11.1 Å². The molecule has 0 aliphatic heterocycles. The van der Waals surface area contributed by atoms with Gasteiger partial charge in [0.05, 0.1) is 27.9 Å². The Morgan fingerprint density at radius 1 is 0.941 bits per heavy atom. The minimum absolute atomic E-state index is 0.217. The van der Waals surface area contributed by atoms with Crippen LogP contribution in [-0.2, 0) is 4.79 Å². The topological polar surface area (TPSA) is 78.3 Å². The van der Waals surface area contributed by atoms with Gasteiger partial charge in [-0.2, -0.15) is 4.80 Å². The van der Waals surface area contributed by atoms with Crippen molar-refractivity contribution >= 4 is 69.0 Å². The van der Waals surface area contributed by atoms with Crippen LogP contribution in [0.3, 0.4) is 0 Å². The molecule has 0 saturated heterocycles. The van der Waals surface area contributed by atoms with Crippen LogP contribution in [0.15, 0.2) is 36.4 Å². The average molecular weight is 540 g/mol. The van der Waals surface area contributed by atoms with Crippen LogP contribution < -0.4 is 14.8 Å². The summed E-state index contributed by atoms with van der Waals surface area (Å²) in [5.41, 5.74) is 3.69. The van der Waals surface area contributed by atoms with Crippen LogP contribution in [0.2, 0.25) is 20.1 Å². The fourth-order valence-corrected chi connectivity index (χ4v) is 4.33. The Morgan fingerprint density at radius 3 is 2.26 bits per heavy atom. The third-order valence-electron chi connectivity index (χ3n) is 5.09. The van der Waals surface area contributed by atoms with Crippen LogP contribution in [0.25, 0.3) is 16.7 Å². The smallest absolute Gasteiger partial charge is 0.262 e. The number of methoxy groups -OCH3 is 1. The number of benzene rings is 3. The molecule has 1 aromatic heterocycles. The quantitative estimate of drug-likeness (QED) is 0.296. The van der Waals surface area contributed by atoms with E-state index in [4.69, 9.17) is 55.9 Å². The Kier molecular flexibility index (Phi) is 7.09. The largest absolute Gasteiger partial charge is 0.495 e. The number of halogens is 4. The van der Waals surface area contributed by atoms with E-state index in [9.17, 15) is 4.79 Å². The van der Waals surface area contributed by atoms with Crippen molar-refractivity contribution in [1.82, 2.24) is 15.0 Å². The lowest BCUT2D eigenvalue weighted by molar-refractivity contribution is -0.118. The van der Waals surface area contributed by atoms with E-state index in [1.807, 2.05) is 0 Å². The Morgan fingerprint density at radius 2 is 1.62 bits per heavy atom. The molecular weight excluding hydrogens is 522 g/mol. The second kappa shape index (κ2) is 9.88. The van der Waals surface area contributed by atoms with Crippen molar-refractivity contribution < 1.29 is 14.3 Å². The highest BCUT2D eigenvalue weighted by Crippen LogP contribution is 2.42. The number of hydrogen-bond acceptors (Lipinski definition) is 5. The van der Waals surface area contributed by atoms with Gasteiger partial charge in [0.15, 0.2) is 12.4 Å². The lowest BCUT2D eigenvalue weighted by Gasteiger charge is -2.15. The minimum Gasteiger partial charge on any atom is -0.495 e. The predicted octanol–water partition coefficient (Wildman–Crippen LogP) is 6.68. The lowest BCUT2D eigenvalue weighted by atomic mass is 10.1. The molecule has 0 aliphatic carbocycles. The maximum Gasteiger partial charge on any atom is 0.262 e. The summed E-state index contributed by atoms with van der Waals surface area (Å²) in [7, 11) is 1.54. The molecule has 176 valence electrons. The predicted molar refractivity (Wildman–Crippen MR) is 135 cm³/mol. The fraction of sp³-hybridized carbons (Fsp3) is 0.174. The van der Waals surface area contributed by atoms with Crippen molar-refractivity contribution in [3.63, 3.8) is 0 Å². The SMILES string of the molecule is COc1ccc(-n2nc3ccc(NC(=O)COc4c(Cl)c(C)c(Cl)c(C)c4Cl)cc3n2)cc1Cl. The van der Waals surface area contributed by atoms with E-state index >= 15 is 0 Å². The van der Waals surface area contributed by atoms with Crippen molar-refractivity contribution in [1.29, 1.82) is 0 Å². The number of carbonyl (C=O) groups excluding carboxylic acids is 1. The summed E-state index contributed by atoms with van der Waals surface area (Å²) < 4.78 is 10.8. The van der Waals surface area contributed by atoms with Gasteiger partial charge in [-0.3, -0.25) is 4.79 Å². The van der Waals surface area contributed by atoms with Gasteiger partial charge in [0, 0.05) is 10.7 Å². The summed E-state index contributed by atoms with van der Waals surface area (Å²) >= 11 is 25.0. The highest BCUT2D eigenvalue weighted by atomic mass is 35.5. The molecule has 0 radical (unpaired) electrons. The molecule has 1 heterocycles. The van der Waals surface area contributed by atoms with E-state index in [-0.39, 0.29) is 22.4 Å². The third-order valence-corrected chi connectivity index (χ3v) is 6.87. The Hall–Kier alpha value is -2.71. The molecule has 0 fully saturated rings. The van der Waals surface area contributed by atoms with Crippen molar-refractivity contribution in [3.05, 3.63) is 67.6 Å². The maximum atomic E-state index is 12.5. The van der Waals surface area contributed by atoms with Gasteiger partial charge in [-0.15, -0.1) is 10.2 Å². The van der Waals surface area contributed by atoms with Crippen LogP contribution in [0.5, 0.6) is 11.5 Å². The molecule has 0 spiro atoms. The Labute approximate surface area is 215 Å². The number of amides is 1.